The molecule has 3 aromatic rings. The Hall–Kier alpha value is -1.82. The van der Waals surface area contributed by atoms with Crippen molar-refractivity contribution in [3.05, 3.63) is 62.2 Å². The van der Waals surface area contributed by atoms with Crippen LogP contribution in [0.15, 0.2) is 47.3 Å². The van der Waals surface area contributed by atoms with E-state index in [0.29, 0.717) is 21.3 Å². The highest BCUT2D eigenvalue weighted by Gasteiger charge is 2.15. The maximum absolute atomic E-state index is 12.0. The van der Waals surface area contributed by atoms with Gasteiger partial charge in [0, 0.05) is 5.02 Å². The summed E-state index contributed by atoms with van der Waals surface area (Å²) in [6.07, 6.45) is 0. The first-order valence-corrected chi connectivity index (χ1v) is 7.86. The summed E-state index contributed by atoms with van der Waals surface area (Å²) in [5, 5.41) is 0.974. The number of hydrogen-bond acceptors (Lipinski definition) is 4. The Morgan fingerprint density at radius 2 is 1.86 bits per heavy atom. The second-order valence-electron chi connectivity index (χ2n) is 4.47. The summed E-state index contributed by atoms with van der Waals surface area (Å²) >= 11 is 12.9. The van der Waals surface area contributed by atoms with E-state index in [1.165, 1.54) is 4.57 Å². The van der Waals surface area contributed by atoms with Gasteiger partial charge in [-0.05, 0) is 36.4 Å². The van der Waals surface area contributed by atoms with Gasteiger partial charge in [0.2, 0.25) is 0 Å². The van der Waals surface area contributed by atoms with E-state index < -0.39 is 5.97 Å². The minimum absolute atomic E-state index is 0.203. The normalized spacial score (nSPS) is 10.8. The number of rotatable bonds is 3. The largest absolute Gasteiger partial charge is 0.425 e. The molecule has 0 saturated heterocycles. The number of esters is 1. The summed E-state index contributed by atoms with van der Waals surface area (Å²) < 4.78 is 7.24. The van der Waals surface area contributed by atoms with Crippen molar-refractivity contribution in [1.29, 1.82) is 0 Å². The highest BCUT2D eigenvalue weighted by atomic mass is 35.5. The molecule has 0 N–H and O–H groups in total. The molecule has 0 spiro atoms. The average molecular weight is 354 g/mol. The molecule has 0 aliphatic heterocycles. The lowest BCUT2D eigenvalue weighted by atomic mass is 10.3. The summed E-state index contributed by atoms with van der Waals surface area (Å²) in [6, 6.07) is 11.6. The topological polar surface area (TPSA) is 48.3 Å². The number of para-hydroxylation sites is 1. The highest BCUT2D eigenvalue weighted by molar-refractivity contribution is 7.16. The molecule has 0 aliphatic rings. The van der Waals surface area contributed by atoms with Crippen LogP contribution in [-0.2, 0) is 11.3 Å². The molecule has 7 heteroatoms. The molecule has 112 valence electrons. The molecule has 0 fully saturated rings. The predicted molar refractivity (Wildman–Crippen MR) is 88.2 cm³/mol. The van der Waals surface area contributed by atoms with Crippen molar-refractivity contribution in [2.24, 2.45) is 0 Å². The summed E-state index contributed by atoms with van der Waals surface area (Å²) in [4.78, 5) is 23.8. The molecule has 0 bridgehead atoms. The summed E-state index contributed by atoms with van der Waals surface area (Å²) in [7, 11) is 0. The molecular weight excluding hydrogens is 345 g/mol. The molecule has 1 aromatic heterocycles. The number of halogens is 2. The van der Waals surface area contributed by atoms with Crippen LogP contribution in [0, 0.1) is 0 Å². The van der Waals surface area contributed by atoms with Crippen LogP contribution in [0.25, 0.3) is 10.2 Å². The molecule has 4 nitrogen and oxygen atoms in total. The third-order valence-electron chi connectivity index (χ3n) is 2.97. The van der Waals surface area contributed by atoms with Gasteiger partial charge in [-0.15, -0.1) is 0 Å². The van der Waals surface area contributed by atoms with E-state index in [9.17, 15) is 9.59 Å². The second-order valence-corrected chi connectivity index (χ2v) is 6.31. The van der Waals surface area contributed by atoms with Gasteiger partial charge in [0.15, 0.2) is 0 Å². The van der Waals surface area contributed by atoms with Crippen molar-refractivity contribution in [2.75, 3.05) is 0 Å². The van der Waals surface area contributed by atoms with Crippen molar-refractivity contribution < 1.29 is 9.53 Å². The van der Waals surface area contributed by atoms with Gasteiger partial charge in [-0.2, -0.15) is 0 Å². The Labute approximate surface area is 139 Å². The van der Waals surface area contributed by atoms with E-state index in [2.05, 4.69) is 0 Å². The number of ether oxygens (including phenoxy) is 1. The SMILES string of the molecule is O=C(Cn1c(=O)sc2cccc(Cl)c21)Oc1ccc(Cl)cc1. The van der Waals surface area contributed by atoms with E-state index in [1.807, 2.05) is 0 Å². The zero-order valence-electron chi connectivity index (χ0n) is 11.1. The molecule has 22 heavy (non-hydrogen) atoms. The maximum Gasteiger partial charge on any atom is 0.331 e. The Bertz CT molecular complexity index is 899. The van der Waals surface area contributed by atoms with Crippen molar-refractivity contribution in [2.45, 2.75) is 6.54 Å². The van der Waals surface area contributed by atoms with E-state index in [0.717, 1.165) is 16.0 Å². The third kappa shape index (κ3) is 3.02. The van der Waals surface area contributed by atoms with Crippen LogP contribution < -0.4 is 9.61 Å². The number of thiazole rings is 1. The van der Waals surface area contributed by atoms with Crippen LogP contribution in [0.3, 0.4) is 0 Å². The Kier molecular flexibility index (Phi) is 4.20. The molecular formula is C15H9Cl2NO3S. The lowest BCUT2D eigenvalue weighted by Gasteiger charge is -2.06. The van der Waals surface area contributed by atoms with Crippen molar-refractivity contribution >= 4 is 50.7 Å². The molecule has 2 aromatic carbocycles. The maximum atomic E-state index is 12.0. The van der Waals surface area contributed by atoms with Crippen LogP contribution >= 0.6 is 34.5 Å². The van der Waals surface area contributed by atoms with E-state index in [-0.39, 0.29) is 11.4 Å². The van der Waals surface area contributed by atoms with Crippen molar-refractivity contribution in [3.8, 4) is 5.75 Å². The first-order valence-electron chi connectivity index (χ1n) is 6.29. The van der Waals surface area contributed by atoms with Crippen molar-refractivity contribution in [3.63, 3.8) is 0 Å². The van der Waals surface area contributed by atoms with Crippen LogP contribution in [-0.4, -0.2) is 10.5 Å². The quantitative estimate of drug-likeness (QED) is 0.528. The van der Waals surface area contributed by atoms with Gasteiger partial charge in [-0.25, -0.2) is 4.79 Å². The number of aromatic nitrogens is 1. The fraction of sp³-hybridized carbons (Fsp3) is 0.0667. The molecule has 0 amide bonds. The molecule has 0 unspecified atom stereocenters. The lowest BCUT2D eigenvalue weighted by Crippen LogP contribution is -2.22. The molecule has 0 radical (unpaired) electrons. The number of benzene rings is 2. The van der Waals surface area contributed by atoms with E-state index in [4.69, 9.17) is 27.9 Å². The molecule has 1 heterocycles. The molecule has 3 rings (SSSR count). The van der Waals surface area contributed by atoms with Crippen LogP contribution in [0.5, 0.6) is 5.75 Å². The summed E-state index contributed by atoms with van der Waals surface area (Å²) in [5.41, 5.74) is 0.548. The number of nitrogens with zero attached hydrogens (tertiary/aromatic N) is 1. The van der Waals surface area contributed by atoms with Gasteiger partial charge in [-0.3, -0.25) is 9.36 Å². The lowest BCUT2D eigenvalue weighted by molar-refractivity contribution is -0.135. The number of fused-ring (bicyclic) bond motifs is 1. The Balaban J connectivity index is 1.87. The fourth-order valence-corrected chi connectivity index (χ4v) is 3.40. The number of hydrogen-bond donors (Lipinski definition) is 0. The van der Waals surface area contributed by atoms with Crippen LogP contribution in [0.4, 0.5) is 0 Å². The van der Waals surface area contributed by atoms with Gasteiger partial charge in [0.1, 0.15) is 12.3 Å². The zero-order valence-corrected chi connectivity index (χ0v) is 13.4. The highest BCUT2D eigenvalue weighted by Crippen LogP contribution is 2.25. The van der Waals surface area contributed by atoms with Gasteiger partial charge in [0.05, 0.1) is 15.2 Å². The molecule has 0 aliphatic carbocycles. The van der Waals surface area contributed by atoms with Gasteiger partial charge >= 0.3 is 10.8 Å². The van der Waals surface area contributed by atoms with E-state index >= 15 is 0 Å². The van der Waals surface area contributed by atoms with Crippen LogP contribution in [0.2, 0.25) is 10.0 Å². The van der Waals surface area contributed by atoms with Gasteiger partial charge in [0.25, 0.3) is 0 Å². The average Bonchev–Trinajstić information content (AvgIpc) is 2.79. The molecule has 0 atom stereocenters. The smallest absolute Gasteiger partial charge is 0.331 e. The monoisotopic (exact) mass is 353 g/mol. The molecule has 0 saturated carbocycles. The summed E-state index contributed by atoms with van der Waals surface area (Å²) in [6.45, 7) is -0.203. The van der Waals surface area contributed by atoms with Gasteiger partial charge < -0.3 is 4.74 Å². The summed E-state index contributed by atoms with van der Waals surface area (Å²) in [5.74, 6) is -0.183. The predicted octanol–water partition coefficient (Wildman–Crippen LogP) is 3.98. The van der Waals surface area contributed by atoms with Crippen molar-refractivity contribution in [1.82, 2.24) is 4.57 Å². The Morgan fingerprint density at radius 3 is 2.59 bits per heavy atom. The van der Waals surface area contributed by atoms with Crippen LogP contribution in [0.1, 0.15) is 0 Å². The fourth-order valence-electron chi connectivity index (χ4n) is 2.02. The zero-order chi connectivity index (χ0) is 15.7. The third-order valence-corrected chi connectivity index (χ3v) is 4.47. The number of carbonyl (C=O) groups excluding carboxylic acids is 1. The minimum Gasteiger partial charge on any atom is -0.425 e. The van der Waals surface area contributed by atoms with E-state index in [1.54, 1.807) is 42.5 Å². The number of carbonyl (C=O) groups is 1. The Morgan fingerprint density at radius 1 is 1.14 bits per heavy atom. The van der Waals surface area contributed by atoms with Gasteiger partial charge in [-0.1, -0.05) is 40.6 Å². The minimum atomic E-state index is -0.552. The second kappa shape index (κ2) is 6.12. The first kappa shape index (κ1) is 15.1. The first-order chi connectivity index (χ1) is 10.5. The standard InChI is InChI=1S/C15H9Cl2NO3S/c16-9-4-6-10(7-5-9)21-13(19)8-18-14-11(17)2-1-3-12(14)22-15(18)20/h1-7H,8H2.